The SMILES string of the molecule is Cc1ccc([C@@H](C)NC(=O)c2cccc(N3CCNC3=O)c2)o1. The minimum atomic E-state index is -0.227. The molecular weight excluding hydrogens is 294 g/mol. The molecule has 1 aliphatic heterocycles. The molecule has 1 aromatic carbocycles. The molecule has 6 nitrogen and oxygen atoms in total. The average Bonchev–Trinajstić information content (AvgIpc) is 3.16. The molecule has 0 saturated carbocycles. The van der Waals surface area contributed by atoms with E-state index in [0.29, 0.717) is 30.1 Å². The van der Waals surface area contributed by atoms with Gasteiger partial charge in [-0.15, -0.1) is 0 Å². The molecule has 2 heterocycles. The number of carbonyl (C=O) groups excluding carboxylic acids is 2. The number of nitrogens with zero attached hydrogens (tertiary/aromatic N) is 1. The van der Waals surface area contributed by atoms with E-state index in [-0.39, 0.29) is 18.0 Å². The summed E-state index contributed by atoms with van der Waals surface area (Å²) in [7, 11) is 0. The van der Waals surface area contributed by atoms with Gasteiger partial charge < -0.3 is 15.1 Å². The molecule has 0 bridgehead atoms. The highest BCUT2D eigenvalue weighted by Crippen LogP contribution is 2.20. The molecular formula is C17H19N3O3. The van der Waals surface area contributed by atoms with Crippen molar-refractivity contribution in [2.45, 2.75) is 19.9 Å². The molecule has 120 valence electrons. The van der Waals surface area contributed by atoms with Crippen LogP contribution in [-0.4, -0.2) is 25.0 Å². The molecule has 1 aromatic heterocycles. The third kappa shape index (κ3) is 3.21. The van der Waals surface area contributed by atoms with E-state index in [4.69, 9.17) is 4.42 Å². The molecule has 23 heavy (non-hydrogen) atoms. The lowest BCUT2D eigenvalue weighted by molar-refractivity contribution is 0.0935. The van der Waals surface area contributed by atoms with Gasteiger partial charge in [0.05, 0.1) is 6.04 Å². The van der Waals surface area contributed by atoms with Gasteiger partial charge in [0.15, 0.2) is 0 Å². The zero-order valence-corrected chi connectivity index (χ0v) is 13.1. The Morgan fingerprint density at radius 2 is 2.17 bits per heavy atom. The Bertz CT molecular complexity index is 738. The molecule has 1 aliphatic rings. The van der Waals surface area contributed by atoms with E-state index in [0.717, 1.165) is 5.76 Å². The predicted octanol–water partition coefficient (Wildman–Crippen LogP) is 2.61. The van der Waals surface area contributed by atoms with Crippen molar-refractivity contribution in [2.75, 3.05) is 18.0 Å². The van der Waals surface area contributed by atoms with Gasteiger partial charge in [0.2, 0.25) is 0 Å². The molecule has 0 spiro atoms. The van der Waals surface area contributed by atoms with E-state index in [1.165, 1.54) is 0 Å². The third-order valence-electron chi connectivity index (χ3n) is 3.81. The maximum absolute atomic E-state index is 12.4. The lowest BCUT2D eigenvalue weighted by Crippen LogP contribution is -2.29. The van der Waals surface area contributed by atoms with Crippen molar-refractivity contribution in [3.05, 3.63) is 53.5 Å². The molecule has 1 fully saturated rings. The highest BCUT2D eigenvalue weighted by atomic mass is 16.3. The van der Waals surface area contributed by atoms with E-state index in [2.05, 4.69) is 10.6 Å². The summed E-state index contributed by atoms with van der Waals surface area (Å²) in [5.74, 6) is 1.32. The number of furan rings is 1. The summed E-state index contributed by atoms with van der Waals surface area (Å²) in [5, 5.41) is 5.65. The number of hydrogen-bond acceptors (Lipinski definition) is 3. The quantitative estimate of drug-likeness (QED) is 0.911. The Labute approximate surface area is 134 Å². The van der Waals surface area contributed by atoms with E-state index in [1.807, 2.05) is 32.0 Å². The lowest BCUT2D eigenvalue weighted by atomic mass is 10.1. The first-order chi connectivity index (χ1) is 11.0. The molecule has 2 aromatic rings. The second-order valence-electron chi connectivity index (χ2n) is 5.58. The van der Waals surface area contributed by atoms with Crippen LogP contribution in [0.5, 0.6) is 0 Å². The van der Waals surface area contributed by atoms with Crippen molar-refractivity contribution >= 4 is 17.6 Å². The number of benzene rings is 1. The largest absolute Gasteiger partial charge is 0.464 e. The van der Waals surface area contributed by atoms with Crippen LogP contribution in [0.25, 0.3) is 0 Å². The normalized spacial score (nSPS) is 15.4. The topological polar surface area (TPSA) is 74.6 Å². The van der Waals surface area contributed by atoms with Crippen LogP contribution in [0, 0.1) is 6.92 Å². The summed E-state index contributed by atoms with van der Waals surface area (Å²) in [6, 6.07) is 10.4. The number of rotatable bonds is 4. The summed E-state index contributed by atoms with van der Waals surface area (Å²) >= 11 is 0. The van der Waals surface area contributed by atoms with Gasteiger partial charge in [-0.2, -0.15) is 0 Å². The van der Waals surface area contributed by atoms with E-state index < -0.39 is 0 Å². The first kappa shape index (κ1) is 15.1. The van der Waals surface area contributed by atoms with Crippen molar-refractivity contribution < 1.29 is 14.0 Å². The molecule has 1 atom stereocenters. The van der Waals surface area contributed by atoms with Crippen molar-refractivity contribution in [2.24, 2.45) is 0 Å². The summed E-state index contributed by atoms with van der Waals surface area (Å²) in [4.78, 5) is 25.8. The van der Waals surface area contributed by atoms with Gasteiger partial charge in [0.25, 0.3) is 5.91 Å². The molecule has 1 saturated heterocycles. The monoisotopic (exact) mass is 313 g/mol. The first-order valence-electron chi connectivity index (χ1n) is 7.57. The smallest absolute Gasteiger partial charge is 0.321 e. The van der Waals surface area contributed by atoms with Crippen LogP contribution in [0.15, 0.2) is 40.8 Å². The van der Waals surface area contributed by atoms with Crippen LogP contribution < -0.4 is 15.5 Å². The number of nitrogens with one attached hydrogen (secondary N) is 2. The Morgan fingerprint density at radius 1 is 1.35 bits per heavy atom. The van der Waals surface area contributed by atoms with E-state index in [9.17, 15) is 9.59 Å². The maximum Gasteiger partial charge on any atom is 0.321 e. The molecule has 0 radical (unpaired) electrons. The zero-order chi connectivity index (χ0) is 16.4. The van der Waals surface area contributed by atoms with Gasteiger partial charge in [-0.1, -0.05) is 6.07 Å². The van der Waals surface area contributed by atoms with Gasteiger partial charge in [0.1, 0.15) is 11.5 Å². The number of amides is 3. The fourth-order valence-electron chi connectivity index (χ4n) is 2.57. The van der Waals surface area contributed by atoms with Crippen molar-refractivity contribution in [3.8, 4) is 0 Å². The van der Waals surface area contributed by atoms with E-state index in [1.54, 1.807) is 23.1 Å². The number of aryl methyl sites for hydroxylation is 1. The second-order valence-corrected chi connectivity index (χ2v) is 5.58. The molecule has 3 amide bonds. The molecule has 3 rings (SSSR count). The first-order valence-corrected chi connectivity index (χ1v) is 7.57. The minimum absolute atomic E-state index is 0.137. The van der Waals surface area contributed by atoms with Crippen LogP contribution in [0.3, 0.4) is 0 Å². The number of carbonyl (C=O) groups is 2. The Hall–Kier alpha value is -2.76. The summed E-state index contributed by atoms with van der Waals surface area (Å²) < 4.78 is 5.53. The number of anilines is 1. The van der Waals surface area contributed by atoms with Gasteiger partial charge in [0, 0.05) is 24.3 Å². The molecule has 2 N–H and O–H groups in total. The van der Waals surface area contributed by atoms with Crippen molar-refractivity contribution in [1.29, 1.82) is 0 Å². The van der Waals surface area contributed by atoms with E-state index >= 15 is 0 Å². The Balaban J connectivity index is 1.73. The van der Waals surface area contributed by atoms with Crippen LogP contribution >= 0.6 is 0 Å². The fourth-order valence-corrected chi connectivity index (χ4v) is 2.57. The summed E-state index contributed by atoms with van der Waals surface area (Å²) in [6.45, 7) is 4.95. The van der Waals surface area contributed by atoms with Crippen LogP contribution in [0.2, 0.25) is 0 Å². The number of hydrogen-bond donors (Lipinski definition) is 2. The Kier molecular flexibility index (Phi) is 4.06. The molecule has 6 heteroatoms. The second kappa shape index (κ2) is 6.16. The number of urea groups is 1. The molecule has 0 unspecified atom stereocenters. The standard InChI is InChI=1S/C17H19N3O3/c1-11-6-7-15(23-11)12(2)19-16(21)13-4-3-5-14(10-13)20-9-8-18-17(20)22/h3-7,10,12H,8-9H2,1-2H3,(H,18,22)(H,19,21)/t12-/m1/s1. The maximum atomic E-state index is 12.4. The predicted molar refractivity (Wildman–Crippen MR) is 86.5 cm³/mol. The molecule has 0 aliphatic carbocycles. The van der Waals surface area contributed by atoms with Gasteiger partial charge in [-0.05, 0) is 44.2 Å². The summed E-state index contributed by atoms with van der Waals surface area (Å²) in [6.07, 6.45) is 0. The minimum Gasteiger partial charge on any atom is -0.464 e. The van der Waals surface area contributed by atoms with Gasteiger partial charge >= 0.3 is 6.03 Å². The van der Waals surface area contributed by atoms with Crippen molar-refractivity contribution in [3.63, 3.8) is 0 Å². The summed E-state index contributed by atoms with van der Waals surface area (Å²) in [5.41, 5.74) is 1.23. The van der Waals surface area contributed by atoms with Crippen LogP contribution in [0.1, 0.15) is 34.8 Å². The highest BCUT2D eigenvalue weighted by molar-refractivity contribution is 5.98. The van der Waals surface area contributed by atoms with Crippen molar-refractivity contribution in [1.82, 2.24) is 10.6 Å². The third-order valence-corrected chi connectivity index (χ3v) is 3.81. The van der Waals surface area contributed by atoms with Crippen LogP contribution in [0.4, 0.5) is 10.5 Å². The van der Waals surface area contributed by atoms with Crippen LogP contribution in [-0.2, 0) is 0 Å². The zero-order valence-electron chi connectivity index (χ0n) is 13.1. The fraction of sp³-hybridized carbons (Fsp3) is 0.294. The average molecular weight is 313 g/mol. The Morgan fingerprint density at radius 3 is 2.83 bits per heavy atom. The van der Waals surface area contributed by atoms with Gasteiger partial charge in [-0.25, -0.2) is 4.79 Å². The lowest BCUT2D eigenvalue weighted by Gasteiger charge is -2.16. The van der Waals surface area contributed by atoms with Gasteiger partial charge in [-0.3, -0.25) is 9.69 Å². The highest BCUT2D eigenvalue weighted by Gasteiger charge is 2.22.